The lowest BCUT2D eigenvalue weighted by molar-refractivity contribution is -0.168. The summed E-state index contributed by atoms with van der Waals surface area (Å²) in [6.45, 7) is 5.50. The van der Waals surface area contributed by atoms with Crippen LogP contribution in [0.3, 0.4) is 0 Å². The van der Waals surface area contributed by atoms with Crippen molar-refractivity contribution in [1.82, 2.24) is 0 Å². The first-order chi connectivity index (χ1) is 8.33. The number of methoxy groups -OCH3 is 1. The van der Waals surface area contributed by atoms with E-state index < -0.39 is 5.60 Å². The van der Waals surface area contributed by atoms with Gasteiger partial charge in [0.25, 0.3) is 0 Å². The maximum atomic E-state index is 12.2. The van der Waals surface area contributed by atoms with Crippen molar-refractivity contribution in [1.29, 1.82) is 0 Å². The van der Waals surface area contributed by atoms with Crippen LogP contribution in [0.25, 0.3) is 0 Å². The number of fused-ring (bicyclic) bond motifs is 2. The second kappa shape index (κ2) is 4.41. The van der Waals surface area contributed by atoms with Crippen molar-refractivity contribution in [3.05, 3.63) is 12.2 Å². The van der Waals surface area contributed by atoms with Crippen LogP contribution in [-0.2, 0) is 19.1 Å². The average Bonchev–Trinajstić information content (AvgIpc) is 2.84. The Balaban J connectivity index is 2.17. The lowest BCUT2D eigenvalue weighted by atomic mass is 9.83. The number of esters is 2. The zero-order valence-electron chi connectivity index (χ0n) is 11.3. The van der Waals surface area contributed by atoms with Crippen LogP contribution in [0, 0.1) is 23.7 Å². The molecule has 100 valence electrons. The van der Waals surface area contributed by atoms with Crippen LogP contribution >= 0.6 is 0 Å². The van der Waals surface area contributed by atoms with E-state index in [-0.39, 0.29) is 35.6 Å². The molecule has 2 aliphatic carbocycles. The first-order valence-corrected chi connectivity index (χ1v) is 6.32. The smallest absolute Gasteiger partial charge is 0.310 e. The molecule has 1 saturated carbocycles. The Kier molecular flexibility index (Phi) is 3.21. The Hall–Kier alpha value is -1.32. The van der Waals surface area contributed by atoms with Crippen molar-refractivity contribution >= 4 is 11.9 Å². The lowest BCUT2D eigenvalue weighted by Gasteiger charge is -2.28. The fraction of sp³-hybridized carbons (Fsp3) is 0.714. The zero-order valence-corrected chi connectivity index (χ0v) is 11.3. The quantitative estimate of drug-likeness (QED) is 0.556. The lowest BCUT2D eigenvalue weighted by Crippen LogP contribution is -2.38. The maximum absolute atomic E-state index is 12.2. The Labute approximate surface area is 107 Å². The summed E-state index contributed by atoms with van der Waals surface area (Å²) in [5.74, 6) is -1.10. The van der Waals surface area contributed by atoms with E-state index in [0.717, 1.165) is 6.42 Å². The van der Waals surface area contributed by atoms with Gasteiger partial charge in [-0.2, -0.15) is 0 Å². The van der Waals surface area contributed by atoms with E-state index in [1.54, 1.807) is 0 Å². The molecule has 0 radical (unpaired) electrons. The van der Waals surface area contributed by atoms with Crippen LogP contribution in [0.4, 0.5) is 0 Å². The van der Waals surface area contributed by atoms with Crippen molar-refractivity contribution in [2.75, 3.05) is 7.11 Å². The highest BCUT2D eigenvalue weighted by Gasteiger charge is 2.53. The van der Waals surface area contributed by atoms with Crippen LogP contribution in [-0.4, -0.2) is 24.6 Å². The van der Waals surface area contributed by atoms with Crippen molar-refractivity contribution < 1.29 is 19.1 Å². The summed E-state index contributed by atoms with van der Waals surface area (Å²) in [7, 11) is 1.37. The van der Waals surface area contributed by atoms with Crippen molar-refractivity contribution in [3.8, 4) is 0 Å². The molecule has 18 heavy (non-hydrogen) atoms. The second-order valence-corrected chi connectivity index (χ2v) is 6.06. The van der Waals surface area contributed by atoms with E-state index >= 15 is 0 Å². The van der Waals surface area contributed by atoms with Crippen molar-refractivity contribution in [2.24, 2.45) is 23.7 Å². The minimum Gasteiger partial charge on any atom is -0.469 e. The molecule has 0 aromatic carbocycles. The molecule has 0 spiro atoms. The van der Waals surface area contributed by atoms with Gasteiger partial charge in [0.05, 0.1) is 18.9 Å². The van der Waals surface area contributed by atoms with Crippen LogP contribution < -0.4 is 0 Å². The molecule has 4 heteroatoms. The topological polar surface area (TPSA) is 52.6 Å². The third-order valence-corrected chi connectivity index (χ3v) is 3.61. The third-order valence-electron chi connectivity index (χ3n) is 3.61. The molecule has 2 bridgehead atoms. The van der Waals surface area contributed by atoms with Gasteiger partial charge < -0.3 is 9.47 Å². The summed E-state index contributed by atoms with van der Waals surface area (Å²) < 4.78 is 10.2. The van der Waals surface area contributed by atoms with Gasteiger partial charge in [-0.3, -0.25) is 9.59 Å². The highest BCUT2D eigenvalue weighted by molar-refractivity contribution is 5.84. The number of hydrogen-bond acceptors (Lipinski definition) is 4. The highest BCUT2D eigenvalue weighted by Crippen LogP contribution is 2.49. The normalized spacial score (nSPS) is 33.6. The Morgan fingerprint density at radius 1 is 1.06 bits per heavy atom. The molecule has 4 nitrogen and oxygen atoms in total. The van der Waals surface area contributed by atoms with E-state index in [9.17, 15) is 9.59 Å². The van der Waals surface area contributed by atoms with Gasteiger partial charge in [0.2, 0.25) is 0 Å². The number of ether oxygens (including phenoxy) is 2. The van der Waals surface area contributed by atoms with Crippen LogP contribution in [0.15, 0.2) is 12.2 Å². The maximum Gasteiger partial charge on any atom is 0.310 e. The zero-order chi connectivity index (χ0) is 13.5. The van der Waals surface area contributed by atoms with Gasteiger partial charge in [0, 0.05) is 0 Å². The SMILES string of the molecule is COC(=O)C1C2C=CC(C2)C1C(=O)OC(C)(C)C. The molecular weight excluding hydrogens is 232 g/mol. The van der Waals surface area contributed by atoms with Crippen molar-refractivity contribution in [2.45, 2.75) is 32.8 Å². The fourth-order valence-corrected chi connectivity index (χ4v) is 2.97. The van der Waals surface area contributed by atoms with Crippen LogP contribution in [0.2, 0.25) is 0 Å². The van der Waals surface area contributed by atoms with E-state index in [1.165, 1.54) is 7.11 Å². The Bertz CT molecular complexity index is 391. The summed E-state index contributed by atoms with van der Waals surface area (Å²) in [4.78, 5) is 24.0. The number of rotatable bonds is 2. The first-order valence-electron chi connectivity index (χ1n) is 6.32. The molecular formula is C14H20O4. The molecule has 0 saturated heterocycles. The number of allylic oxidation sites excluding steroid dienone is 2. The molecule has 0 aliphatic heterocycles. The minimum absolute atomic E-state index is 0.119. The Morgan fingerprint density at radius 3 is 2.00 bits per heavy atom. The van der Waals surface area contributed by atoms with Crippen molar-refractivity contribution in [3.63, 3.8) is 0 Å². The molecule has 2 aliphatic rings. The summed E-state index contributed by atoms with van der Waals surface area (Å²) in [6, 6.07) is 0. The van der Waals surface area contributed by atoms with Gasteiger partial charge in [-0.05, 0) is 39.0 Å². The van der Waals surface area contributed by atoms with Crippen LogP contribution in [0.1, 0.15) is 27.2 Å². The molecule has 0 amide bonds. The summed E-state index contributed by atoms with van der Waals surface area (Å²) >= 11 is 0. The standard InChI is InChI=1S/C14H20O4/c1-14(2,3)18-13(16)11-9-6-5-8(7-9)10(11)12(15)17-4/h5-6,8-11H,7H2,1-4H3. The predicted molar refractivity (Wildman–Crippen MR) is 65.6 cm³/mol. The van der Waals surface area contributed by atoms with Gasteiger partial charge in [-0.15, -0.1) is 0 Å². The number of hydrogen-bond donors (Lipinski definition) is 0. The summed E-state index contributed by atoms with van der Waals surface area (Å²) in [5.41, 5.74) is -0.525. The van der Waals surface area contributed by atoms with E-state index in [2.05, 4.69) is 0 Å². The summed E-state index contributed by atoms with van der Waals surface area (Å²) in [5, 5.41) is 0. The largest absolute Gasteiger partial charge is 0.469 e. The second-order valence-electron chi connectivity index (χ2n) is 6.06. The fourth-order valence-electron chi connectivity index (χ4n) is 2.97. The van der Waals surface area contributed by atoms with Crippen LogP contribution in [0.5, 0.6) is 0 Å². The molecule has 4 atom stereocenters. The molecule has 2 rings (SSSR count). The molecule has 0 heterocycles. The van der Waals surface area contributed by atoms with Gasteiger partial charge >= 0.3 is 11.9 Å². The Morgan fingerprint density at radius 2 is 1.56 bits per heavy atom. The predicted octanol–water partition coefficient (Wildman–Crippen LogP) is 1.94. The van der Waals surface area contributed by atoms with E-state index in [0.29, 0.717) is 0 Å². The van der Waals surface area contributed by atoms with Gasteiger partial charge in [0.15, 0.2) is 0 Å². The average molecular weight is 252 g/mol. The van der Waals surface area contributed by atoms with Gasteiger partial charge in [-0.1, -0.05) is 12.2 Å². The molecule has 4 unspecified atom stereocenters. The van der Waals surface area contributed by atoms with E-state index in [1.807, 2.05) is 32.9 Å². The summed E-state index contributed by atoms with van der Waals surface area (Å²) in [6.07, 6.45) is 4.90. The van der Waals surface area contributed by atoms with E-state index in [4.69, 9.17) is 9.47 Å². The number of carbonyl (C=O) groups excluding carboxylic acids is 2. The van der Waals surface area contributed by atoms with Gasteiger partial charge in [-0.25, -0.2) is 0 Å². The molecule has 0 N–H and O–H groups in total. The number of carbonyl (C=O) groups is 2. The molecule has 0 aromatic rings. The third kappa shape index (κ3) is 2.28. The monoisotopic (exact) mass is 252 g/mol. The highest BCUT2D eigenvalue weighted by atomic mass is 16.6. The molecule has 0 aromatic heterocycles. The minimum atomic E-state index is -0.525. The van der Waals surface area contributed by atoms with Gasteiger partial charge in [0.1, 0.15) is 5.60 Å². The molecule has 1 fully saturated rings. The first kappa shape index (κ1) is 13.1.